The normalized spacial score (nSPS) is 11.1. The Morgan fingerprint density at radius 1 is 1.30 bits per heavy atom. The molecule has 8 heteroatoms. The number of fused-ring (bicyclic) bond motifs is 1. The highest BCUT2D eigenvalue weighted by molar-refractivity contribution is 5.75. The molecule has 0 spiro atoms. The maximum absolute atomic E-state index is 12.2. The first kappa shape index (κ1) is 15.0. The number of aromatic nitrogens is 3. The van der Waals surface area contributed by atoms with Crippen molar-refractivity contribution in [2.45, 2.75) is 33.8 Å². The van der Waals surface area contributed by atoms with Crippen LogP contribution in [0.25, 0.3) is 11.1 Å². The molecule has 0 unspecified atom stereocenters. The molecular weight excluding hydrogens is 302 g/mol. The summed E-state index contributed by atoms with van der Waals surface area (Å²) in [7, 11) is 0. The average molecular weight is 317 g/mol. The monoisotopic (exact) mass is 317 g/mol. The van der Waals surface area contributed by atoms with Crippen molar-refractivity contribution in [3.63, 3.8) is 0 Å². The fourth-order valence-electron chi connectivity index (χ4n) is 2.32. The molecule has 0 aliphatic carbocycles. The van der Waals surface area contributed by atoms with Crippen molar-refractivity contribution in [1.29, 1.82) is 0 Å². The van der Waals surface area contributed by atoms with Crippen LogP contribution in [0.1, 0.15) is 29.5 Å². The Hall–Kier alpha value is -2.90. The molecule has 0 aromatic carbocycles. The predicted octanol–water partition coefficient (Wildman–Crippen LogP) is 1.62. The zero-order chi connectivity index (χ0) is 16.6. The molecule has 3 rings (SSSR count). The number of hydrogen-bond acceptors (Lipinski definition) is 7. The van der Waals surface area contributed by atoms with Crippen LogP contribution in [0.3, 0.4) is 0 Å². The molecule has 0 bridgehead atoms. The predicted molar refractivity (Wildman–Crippen MR) is 80.6 cm³/mol. The lowest BCUT2D eigenvalue weighted by Crippen LogP contribution is -2.15. The van der Waals surface area contributed by atoms with Crippen molar-refractivity contribution in [1.82, 2.24) is 15.1 Å². The molecule has 0 atom stereocenters. The summed E-state index contributed by atoms with van der Waals surface area (Å²) in [5.74, 6) is 0.630. The highest BCUT2D eigenvalue weighted by Crippen LogP contribution is 2.16. The first-order valence-corrected chi connectivity index (χ1v) is 7.11. The van der Waals surface area contributed by atoms with Crippen molar-refractivity contribution >= 4 is 11.1 Å². The van der Waals surface area contributed by atoms with Gasteiger partial charge in [-0.3, -0.25) is 9.78 Å². The van der Waals surface area contributed by atoms with E-state index in [0.717, 1.165) is 5.56 Å². The maximum atomic E-state index is 12.2. The minimum absolute atomic E-state index is 0.0288. The second kappa shape index (κ2) is 5.71. The van der Waals surface area contributed by atoms with Crippen LogP contribution in [-0.4, -0.2) is 15.1 Å². The van der Waals surface area contributed by atoms with Crippen molar-refractivity contribution in [3.05, 3.63) is 49.4 Å². The van der Waals surface area contributed by atoms with Gasteiger partial charge >= 0.3 is 5.63 Å². The smallest absolute Gasteiger partial charge is 0.337 e. The van der Waals surface area contributed by atoms with E-state index in [1.807, 2.05) is 6.92 Å². The van der Waals surface area contributed by atoms with Crippen LogP contribution in [-0.2, 0) is 13.0 Å². The van der Waals surface area contributed by atoms with E-state index in [1.54, 1.807) is 13.8 Å². The number of ether oxygens (including phenoxy) is 1. The average Bonchev–Trinajstić information content (AvgIpc) is 2.82. The Kier molecular flexibility index (Phi) is 3.73. The molecule has 0 aliphatic rings. The zero-order valence-corrected chi connectivity index (χ0v) is 12.9. The molecule has 1 N–H and O–H groups in total. The number of hydrogen-bond donors (Lipinski definition) is 1. The summed E-state index contributed by atoms with van der Waals surface area (Å²) in [6.45, 7) is 5.53. The molecule has 23 heavy (non-hydrogen) atoms. The molecule has 8 nitrogen and oxygen atoms in total. The lowest BCUT2D eigenvalue weighted by molar-refractivity contribution is 0.276. The minimum Gasteiger partial charge on any atom is -0.460 e. The number of H-pyrrole nitrogens is 1. The van der Waals surface area contributed by atoms with E-state index in [-0.39, 0.29) is 23.7 Å². The lowest BCUT2D eigenvalue weighted by Gasteiger charge is -2.06. The largest absolute Gasteiger partial charge is 0.460 e. The fourth-order valence-corrected chi connectivity index (χ4v) is 2.32. The molecule has 3 heterocycles. The molecule has 0 aliphatic heterocycles. The van der Waals surface area contributed by atoms with E-state index >= 15 is 0 Å². The molecule has 3 aromatic rings. The third-order valence-corrected chi connectivity index (χ3v) is 3.59. The van der Waals surface area contributed by atoms with Crippen LogP contribution < -0.4 is 15.9 Å². The van der Waals surface area contributed by atoms with Crippen LogP contribution in [0.4, 0.5) is 0 Å². The van der Waals surface area contributed by atoms with E-state index in [0.29, 0.717) is 23.4 Å². The molecule has 0 saturated heterocycles. The molecule has 0 fully saturated rings. The summed E-state index contributed by atoms with van der Waals surface area (Å²) in [5, 5.41) is 4.08. The van der Waals surface area contributed by atoms with Crippen molar-refractivity contribution in [2.24, 2.45) is 0 Å². The number of nitrogens with one attached hydrogen (secondary N) is 1. The summed E-state index contributed by atoms with van der Waals surface area (Å²) in [5.41, 5.74) is 1.06. The Balaban J connectivity index is 2.00. The topological polar surface area (TPSA) is 111 Å². The number of aryl methyl sites for hydroxylation is 3. The zero-order valence-electron chi connectivity index (χ0n) is 12.9. The Morgan fingerprint density at radius 2 is 2.09 bits per heavy atom. The summed E-state index contributed by atoms with van der Waals surface area (Å²) >= 11 is 0. The Bertz CT molecular complexity index is 963. The van der Waals surface area contributed by atoms with Gasteiger partial charge in [0, 0.05) is 6.07 Å². The first-order valence-electron chi connectivity index (χ1n) is 7.11. The van der Waals surface area contributed by atoms with Gasteiger partial charge in [0.25, 0.3) is 11.6 Å². The summed E-state index contributed by atoms with van der Waals surface area (Å²) in [6, 6.07) is 1.27. The van der Waals surface area contributed by atoms with Gasteiger partial charge in [-0.1, -0.05) is 12.1 Å². The SMILES string of the molecule is CCc1cc(=O)oc2nc(OCc3c(C)noc3C)[nH]c(=O)c12. The first-order chi connectivity index (χ1) is 11.0. The van der Waals surface area contributed by atoms with Crippen LogP contribution in [0.15, 0.2) is 24.6 Å². The molecule has 120 valence electrons. The van der Waals surface area contributed by atoms with Gasteiger partial charge in [-0.05, 0) is 25.8 Å². The third-order valence-electron chi connectivity index (χ3n) is 3.59. The van der Waals surface area contributed by atoms with Crippen LogP contribution >= 0.6 is 0 Å². The highest BCUT2D eigenvalue weighted by Gasteiger charge is 2.14. The number of aromatic amines is 1. The van der Waals surface area contributed by atoms with Crippen molar-refractivity contribution < 1.29 is 13.7 Å². The molecular formula is C15H15N3O5. The van der Waals surface area contributed by atoms with E-state index in [1.165, 1.54) is 6.07 Å². The van der Waals surface area contributed by atoms with Crippen LogP contribution in [0.2, 0.25) is 0 Å². The van der Waals surface area contributed by atoms with Gasteiger partial charge in [-0.15, -0.1) is 0 Å². The van der Waals surface area contributed by atoms with Gasteiger partial charge in [0.2, 0.25) is 5.71 Å². The molecule has 0 amide bonds. The number of rotatable bonds is 4. The standard InChI is InChI=1S/C15H15N3O5/c1-4-9-5-11(19)22-14-12(9)13(20)16-15(17-14)21-6-10-7(2)18-23-8(10)3/h5H,4,6H2,1-3H3,(H,16,17,20). The summed E-state index contributed by atoms with van der Waals surface area (Å²) in [6.07, 6.45) is 0.520. The van der Waals surface area contributed by atoms with Crippen molar-refractivity contribution in [2.75, 3.05) is 0 Å². The second-order valence-corrected chi connectivity index (χ2v) is 5.09. The number of nitrogens with zero attached hydrogens (tertiary/aromatic N) is 2. The molecule has 0 radical (unpaired) electrons. The van der Waals surface area contributed by atoms with Gasteiger partial charge in [0.1, 0.15) is 17.8 Å². The van der Waals surface area contributed by atoms with E-state index in [2.05, 4.69) is 15.1 Å². The Morgan fingerprint density at radius 3 is 2.74 bits per heavy atom. The minimum atomic E-state index is -0.552. The lowest BCUT2D eigenvalue weighted by atomic mass is 10.1. The molecule has 0 saturated carbocycles. The van der Waals surface area contributed by atoms with Crippen LogP contribution in [0, 0.1) is 13.8 Å². The van der Waals surface area contributed by atoms with Crippen molar-refractivity contribution in [3.8, 4) is 6.01 Å². The maximum Gasteiger partial charge on any atom is 0.337 e. The van der Waals surface area contributed by atoms with Gasteiger partial charge < -0.3 is 13.7 Å². The second-order valence-electron chi connectivity index (χ2n) is 5.09. The quantitative estimate of drug-likeness (QED) is 0.778. The summed E-state index contributed by atoms with van der Waals surface area (Å²) < 4.78 is 15.5. The summed E-state index contributed by atoms with van der Waals surface area (Å²) in [4.78, 5) is 30.4. The van der Waals surface area contributed by atoms with Gasteiger partial charge in [0.05, 0.1) is 11.3 Å². The van der Waals surface area contributed by atoms with E-state index < -0.39 is 11.2 Å². The third kappa shape index (κ3) is 2.75. The van der Waals surface area contributed by atoms with Gasteiger partial charge in [-0.2, -0.15) is 4.98 Å². The molecule has 3 aromatic heterocycles. The van der Waals surface area contributed by atoms with Crippen LogP contribution in [0.5, 0.6) is 6.01 Å². The highest BCUT2D eigenvalue weighted by atomic mass is 16.5. The van der Waals surface area contributed by atoms with Gasteiger partial charge in [-0.25, -0.2) is 4.79 Å². The van der Waals surface area contributed by atoms with E-state index in [4.69, 9.17) is 13.7 Å². The van der Waals surface area contributed by atoms with Gasteiger partial charge in [0.15, 0.2) is 0 Å². The van der Waals surface area contributed by atoms with E-state index in [9.17, 15) is 9.59 Å². The fraction of sp³-hybridized carbons (Fsp3) is 0.333. The Labute approximate surface area is 130 Å².